The predicted octanol–water partition coefficient (Wildman–Crippen LogP) is 1.35. The topological polar surface area (TPSA) is 95.7 Å². The minimum atomic E-state index is -1.62. The molecule has 0 radical (unpaired) electrons. The Labute approximate surface area is 135 Å². The van der Waals surface area contributed by atoms with Gasteiger partial charge in [-0.25, -0.2) is 0 Å². The van der Waals surface area contributed by atoms with Crippen LogP contribution < -0.4 is 5.73 Å². The minimum absolute atomic E-state index is 0.402. The number of carbonyl (C=O) groups excluding carboxylic acids is 3. The molecule has 126 valence electrons. The summed E-state index contributed by atoms with van der Waals surface area (Å²) in [6.07, 6.45) is -0.349. The smallest absolute Gasteiger partial charge is 0.303 e. The maximum Gasteiger partial charge on any atom is 0.303 e. The number of ether oxygens (including phenoxy) is 2. The van der Waals surface area contributed by atoms with Crippen molar-refractivity contribution in [3.05, 3.63) is 35.9 Å². The lowest BCUT2D eigenvalue weighted by Gasteiger charge is -2.41. The van der Waals surface area contributed by atoms with E-state index in [4.69, 9.17) is 15.2 Å². The summed E-state index contributed by atoms with van der Waals surface area (Å²) in [5.41, 5.74) is 4.28. The van der Waals surface area contributed by atoms with Gasteiger partial charge in [-0.3, -0.25) is 14.4 Å². The van der Waals surface area contributed by atoms with Crippen molar-refractivity contribution in [2.24, 2.45) is 5.73 Å². The number of esters is 1. The molecule has 0 saturated heterocycles. The summed E-state index contributed by atoms with van der Waals surface area (Å²) in [6, 6.07) is 7.40. The van der Waals surface area contributed by atoms with Gasteiger partial charge < -0.3 is 15.2 Å². The van der Waals surface area contributed by atoms with Crippen molar-refractivity contribution < 1.29 is 23.9 Å². The van der Waals surface area contributed by atoms with E-state index in [0.717, 1.165) is 0 Å². The van der Waals surface area contributed by atoms with Crippen molar-refractivity contribution in [1.29, 1.82) is 0 Å². The average molecular weight is 321 g/mol. The summed E-state index contributed by atoms with van der Waals surface area (Å²) in [5, 5.41) is 0. The number of hydrogen-bond donors (Lipinski definition) is 1. The maximum atomic E-state index is 12.0. The molecule has 6 heteroatoms. The van der Waals surface area contributed by atoms with E-state index in [2.05, 4.69) is 0 Å². The first-order chi connectivity index (χ1) is 10.7. The van der Waals surface area contributed by atoms with Gasteiger partial charge in [-0.2, -0.15) is 0 Å². The lowest BCUT2D eigenvalue weighted by molar-refractivity contribution is -0.177. The molecule has 1 aromatic carbocycles. The van der Waals surface area contributed by atoms with Gasteiger partial charge in [0, 0.05) is 6.92 Å². The summed E-state index contributed by atoms with van der Waals surface area (Å²) in [5.74, 6) is -0.666. The molecule has 2 N–H and O–H groups in total. The Bertz CT molecular complexity index is 552. The molecule has 0 spiro atoms. The van der Waals surface area contributed by atoms with Crippen LogP contribution in [-0.2, 0) is 29.5 Å². The van der Waals surface area contributed by atoms with Gasteiger partial charge in [0.15, 0.2) is 24.3 Å². The van der Waals surface area contributed by atoms with Gasteiger partial charge in [0.25, 0.3) is 0 Å². The van der Waals surface area contributed by atoms with Crippen molar-refractivity contribution in [3.63, 3.8) is 0 Å². The lowest BCUT2D eigenvalue weighted by atomic mass is 9.84. The number of rotatable bonds is 7. The van der Waals surface area contributed by atoms with Crippen LogP contribution in [0.5, 0.6) is 0 Å². The molecule has 0 aliphatic heterocycles. The second kappa shape index (κ2) is 7.48. The Kier molecular flexibility index (Phi) is 6.18. The van der Waals surface area contributed by atoms with Gasteiger partial charge in [0.05, 0.1) is 11.6 Å². The van der Waals surface area contributed by atoms with Crippen LogP contribution in [-0.4, -0.2) is 36.3 Å². The summed E-state index contributed by atoms with van der Waals surface area (Å²) < 4.78 is 10.9. The van der Waals surface area contributed by atoms with Crippen LogP contribution in [0.1, 0.15) is 33.3 Å². The zero-order valence-electron chi connectivity index (χ0n) is 13.8. The van der Waals surface area contributed by atoms with Crippen LogP contribution in [0.4, 0.5) is 0 Å². The van der Waals surface area contributed by atoms with E-state index in [0.29, 0.717) is 18.1 Å². The first kappa shape index (κ1) is 19.0. The molecular formula is C17H23NO5. The summed E-state index contributed by atoms with van der Waals surface area (Å²) >= 11 is 0. The molecule has 0 aliphatic rings. The molecule has 0 fully saturated rings. The Hall–Kier alpha value is -2.05. The van der Waals surface area contributed by atoms with Crippen LogP contribution in [0.2, 0.25) is 0 Å². The molecule has 1 rings (SSSR count). The van der Waals surface area contributed by atoms with Crippen molar-refractivity contribution in [3.8, 4) is 0 Å². The van der Waals surface area contributed by atoms with E-state index in [9.17, 15) is 14.4 Å². The number of benzene rings is 1. The highest BCUT2D eigenvalue weighted by molar-refractivity contribution is 5.74. The number of carbonyl (C=O) groups is 3. The highest BCUT2D eigenvalue weighted by atomic mass is 16.6. The molecule has 23 heavy (non-hydrogen) atoms. The molecular weight excluding hydrogens is 298 g/mol. The molecule has 0 bridgehead atoms. The normalized spacial score (nSPS) is 16.7. The van der Waals surface area contributed by atoms with Crippen LogP contribution in [0.25, 0.3) is 0 Å². The minimum Gasteiger partial charge on any atom is -0.453 e. The molecule has 3 atom stereocenters. The molecule has 0 heterocycles. The third-order valence-corrected chi connectivity index (χ3v) is 3.16. The fraction of sp³-hybridized carbons (Fsp3) is 0.471. The lowest BCUT2D eigenvalue weighted by Crippen LogP contribution is -2.58. The molecule has 0 aromatic heterocycles. The Morgan fingerprint density at radius 2 is 1.74 bits per heavy atom. The fourth-order valence-electron chi connectivity index (χ4n) is 2.32. The van der Waals surface area contributed by atoms with Gasteiger partial charge >= 0.3 is 5.97 Å². The standard InChI is InChI=1S/C17H23NO5/c1-12(21)22-14(10-19)15(18)17(11-20,23-16(2,3)4)13-8-6-5-7-9-13/h5-11,14-15H,18H2,1-4H3. The zero-order chi connectivity index (χ0) is 17.7. The van der Waals surface area contributed by atoms with Gasteiger partial charge in [-0.1, -0.05) is 30.3 Å². The zero-order valence-corrected chi connectivity index (χ0v) is 13.8. The first-order valence-corrected chi connectivity index (χ1v) is 7.26. The summed E-state index contributed by atoms with van der Waals surface area (Å²) in [4.78, 5) is 34.5. The fourth-order valence-corrected chi connectivity index (χ4v) is 2.32. The second-order valence-corrected chi connectivity index (χ2v) is 6.23. The summed E-state index contributed by atoms with van der Waals surface area (Å²) in [6.45, 7) is 6.47. The molecule has 0 saturated carbocycles. The number of aldehydes is 2. The van der Waals surface area contributed by atoms with Gasteiger partial charge in [0.2, 0.25) is 0 Å². The molecule has 3 unspecified atom stereocenters. The van der Waals surface area contributed by atoms with Crippen LogP contribution in [0, 0.1) is 0 Å². The van der Waals surface area contributed by atoms with E-state index in [-0.39, 0.29) is 0 Å². The second-order valence-electron chi connectivity index (χ2n) is 6.23. The van der Waals surface area contributed by atoms with E-state index in [1.807, 2.05) is 0 Å². The summed E-state index contributed by atoms with van der Waals surface area (Å²) in [7, 11) is 0. The van der Waals surface area contributed by atoms with Gasteiger partial charge in [-0.15, -0.1) is 0 Å². The average Bonchev–Trinajstić information content (AvgIpc) is 2.49. The van der Waals surface area contributed by atoms with E-state index < -0.39 is 29.3 Å². The van der Waals surface area contributed by atoms with Crippen LogP contribution in [0.15, 0.2) is 30.3 Å². The number of hydrogen-bond acceptors (Lipinski definition) is 6. The molecule has 6 nitrogen and oxygen atoms in total. The third-order valence-electron chi connectivity index (χ3n) is 3.16. The Balaban J connectivity index is 3.40. The van der Waals surface area contributed by atoms with Gasteiger partial charge in [-0.05, 0) is 26.3 Å². The van der Waals surface area contributed by atoms with Gasteiger partial charge in [0.1, 0.15) is 0 Å². The quantitative estimate of drug-likeness (QED) is 0.601. The Morgan fingerprint density at radius 3 is 2.13 bits per heavy atom. The number of nitrogens with two attached hydrogens (primary N) is 1. The first-order valence-electron chi connectivity index (χ1n) is 7.26. The molecule has 0 aliphatic carbocycles. The SMILES string of the molecule is CC(=O)OC(C=O)C(N)C(C=O)(OC(C)(C)C)c1ccccc1. The van der Waals surface area contributed by atoms with E-state index in [1.165, 1.54) is 6.92 Å². The van der Waals surface area contributed by atoms with Crippen molar-refractivity contribution in [1.82, 2.24) is 0 Å². The third kappa shape index (κ3) is 4.71. The maximum absolute atomic E-state index is 12.0. The van der Waals surface area contributed by atoms with Crippen LogP contribution in [0.3, 0.4) is 0 Å². The highest BCUT2D eigenvalue weighted by Crippen LogP contribution is 2.33. The van der Waals surface area contributed by atoms with E-state index >= 15 is 0 Å². The van der Waals surface area contributed by atoms with Crippen molar-refractivity contribution in [2.75, 3.05) is 0 Å². The monoisotopic (exact) mass is 321 g/mol. The molecule has 1 aromatic rings. The largest absolute Gasteiger partial charge is 0.453 e. The highest BCUT2D eigenvalue weighted by Gasteiger charge is 2.47. The Morgan fingerprint density at radius 1 is 1.17 bits per heavy atom. The van der Waals surface area contributed by atoms with E-state index in [1.54, 1.807) is 51.1 Å². The van der Waals surface area contributed by atoms with Crippen LogP contribution >= 0.6 is 0 Å². The van der Waals surface area contributed by atoms with Crippen molar-refractivity contribution in [2.45, 2.75) is 51.0 Å². The predicted molar refractivity (Wildman–Crippen MR) is 84.6 cm³/mol. The van der Waals surface area contributed by atoms with Crippen molar-refractivity contribution >= 4 is 18.5 Å². The molecule has 0 amide bonds.